The molecule has 0 aromatic carbocycles. The van der Waals surface area contributed by atoms with Crippen molar-refractivity contribution in [3.8, 4) is 0 Å². The Morgan fingerprint density at radius 2 is 1.09 bits per heavy atom. The van der Waals surface area contributed by atoms with Crippen LogP contribution in [0.3, 0.4) is 0 Å². The summed E-state index contributed by atoms with van der Waals surface area (Å²) in [4.78, 5) is 0. The highest BCUT2D eigenvalue weighted by Crippen LogP contribution is 2.18. The summed E-state index contributed by atoms with van der Waals surface area (Å²) in [5.74, 6) is 0. The van der Waals surface area contributed by atoms with Crippen LogP contribution in [0.4, 0.5) is 0 Å². The molecule has 0 aromatic rings. The van der Waals surface area contributed by atoms with E-state index in [2.05, 4.69) is 42.3 Å². The monoisotopic (exact) mass is 316 g/mol. The molecule has 0 saturated carbocycles. The molecule has 2 rings (SSSR count). The lowest BCUT2D eigenvalue weighted by atomic mass is 10.3. The molecule has 6 nitrogen and oxygen atoms in total. The lowest BCUT2D eigenvalue weighted by Gasteiger charge is -2.26. The molecule has 2 aliphatic heterocycles. The van der Waals surface area contributed by atoms with Gasteiger partial charge in [0.1, 0.15) is 25.3 Å². The third kappa shape index (κ3) is 6.32. The number of hydrogen-bond acceptors (Lipinski definition) is 4. The third-order valence-corrected chi connectivity index (χ3v) is 3.47. The molecule has 0 N–H and O–H groups in total. The molecule has 2 fully saturated rings. The summed E-state index contributed by atoms with van der Waals surface area (Å²) < 4.78 is 24.8. The van der Waals surface area contributed by atoms with Crippen LogP contribution in [0.15, 0.2) is 12.2 Å². The molecule has 6 heteroatoms. The van der Waals surface area contributed by atoms with Crippen molar-refractivity contribution >= 4 is 0 Å². The Labute approximate surface area is 134 Å². The first kappa shape index (κ1) is 17.8. The first-order valence-electron chi connectivity index (χ1n) is 7.94. The molecular weight excluding hydrogens is 284 g/mol. The maximum Gasteiger partial charge on any atom is 0.177 e. The molecule has 0 aliphatic carbocycles. The number of ether oxygens (including phenoxy) is 4. The Balaban J connectivity index is 1.73. The van der Waals surface area contributed by atoms with Gasteiger partial charge in [-0.25, -0.2) is 0 Å². The predicted octanol–water partition coefficient (Wildman–Crippen LogP) is 0.438. The van der Waals surface area contributed by atoms with E-state index in [1.807, 2.05) is 12.2 Å². The molecule has 0 bridgehead atoms. The summed E-state index contributed by atoms with van der Waals surface area (Å²) in [7, 11) is 12.9. The van der Waals surface area contributed by atoms with Gasteiger partial charge in [-0.1, -0.05) is 0 Å². The van der Waals surface area contributed by atoms with Crippen molar-refractivity contribution in [3.05, 3.63) is 12.2 Å². The first-order valence-corrected chi connectivity index (χ1v) is 7.94. The molecule has 4 unspecified atom stereocenters. The summed E-state index contributed by atoms with van der Waals surface area (Å²) in [6.45, 7) is 3.15. The van der Waals surface area contributed by atoms with Crippen LogP contribution in [-0.4, -0.2) is 102 Å². The second-order valence-electron chi connectivity index (χ2n) is 8.25. The van der Waals surface area contributed by atoms with Gasteiger partial charge >= 0.3 is 0 Å². The van der Waals surface area contributed by atoms with E-state index < -0.39 is 0 Å². The zero-order valence-electron chi connectivity index (χ0n) is 14.8. The minimum Gasteiger partial charge on any atom is -0.346 e. The summed E-state index contributed by atoms with van der Waals surface area (Å²) in [6.07, 6.45) is 3.50. The minimum atomic E-state index is -0.291. The predicted molar refractivity (Wildman–Crippen MR) is 84.2 cm³/mol. The van der Waals surface area contributed by atoms with Crippen LogP contribution in [0.25, 0.3) is 0 Å². The Bertz CT molecular complexity index is 351. The van der Waals surface area contributed by atoms with E-state index in [9.17, 15) is 0 Å². The highest BCUT2D eigenvalue weighted by atomic mass is 16.7. The van der Waals surface area contributed by atoms with Crippen LogP contribution in [-0.2, 0) is 18.9 Å². The fourth-order valence-electron chi connectivity index (χ4n) is 2.74. The summed E-state index contributed by atoms with van der Waals surface area (Å²) in [5.41, 5.74) is 0. The number of quaternary nitrogens is 2. The van der Waals surface area contributed by atoms with E-state index in [-0.39, 0.29) is 24.8 Å². The summed E-state index contributed by atoms with van der Waals surface area (Å²) >= 11 is 0. The normalized spacial score (nSPS) is 33.9. The van der Waals surface area contributed by atoms with E-state index in [0.717, 1.165) is 22.1 Å². The maximum absolute atomic E-state index is 5.87. The van der Waals surface area contributed by atoms with Crippen molar-refractivity contribution in [2.45, 2.75) is 24.8 Å². The van der Waals surface area contributed by atoms with E-state index in [1.165, 1.54) is 0 Å². The number of hydrogen-bond donors (Lipinski definition) is 0. The zero-order chi connectivity index (χ0) is 16.4. The van der Waals surface area contributed by atoms with Crippen LogP contribution in [0.5, 0.6) is 0 Å². The van der Waals surface area contributed by atoms with Crippen LogP contribution >= 0.6 is 0 Å². The molecule has 4 atom stereocenters. The maximum atomic E-state index is 5.87. The van der Waals surface area contributed by atoms with Crippen molar-refractivity contribution in [2.75, 3.05) is 68.6 Å². The molecule has 22 heavy (non-hydrogen) atoms. The minimum absolute atomic E-state index is 0.144. The van der Waals surface area contributed by atoms with Crippen molar-refractivity contribution in [3.63, 3.8) is 0 Å². The van der Waals surface area contributed by atoms with Crippen LogP contribution in [0, 0.1) is 0 Å². The molecule has 2 aliphatic rings. The van der Waals surface area contributed by atoms with Crippen LogP contribution in [0.1, 0.15) is 0 Å². The van der Waals surface area contributed by atoms with Gasteiger partial charge in [-0.15, -0.1) is 0 Å². The SMILES string of the molecule is C[N+](C)(C)CC1COC(C=CC2OCC(C[N+](C)(C)C)O2)O1. The van der Waals surface area contributed by atoms with Gasteiger partial charge in [0.25, 0.3) is 0 Å². The summed E-state index contributed by atoms with van der Waals surface area (Å²) in [5, 5.41) is 0. The molecular formula is C16H32N2O4+2. The molecule has 128 valence electrons. The molecule has 0 aromatic heterocycles. The first-order chi connectivity index (χ1) is 10.1. The van der Waals surface area contributed by atoms with Gasteiger partial charge in [0.05, 0.1) is 55.5 Å². The quantitative estimate of drug-likeness (QED) is 0.526. The van der Waals surface area contributed by atoms with E-state index >= 15 is 0 Å². The second kappa shape index (κ2) is 6.95. The van der Waals surface area contributed by atoms with E-state index in [1.54, 1.807) is 0 Å². The molecule has 0 amide bonds. The van der Waals surface area contributed by atoms with Gasteiger partial charge in [0.2, 0.25) is 0 Å². The Hall–Kier alpha value is -0.500. The molecule has 2 heterocycles. The zero-order valence-corrected chi connectivity index (χ0v) is 14.8. The molecule has 0 spiro atoms. The van der Waals surface area contributed by atoms with Gasteiger partial charge in [0.15, 0.2) is 12.6 Å². The van der Waals surface area contributed by atoms with Crippen LogP contribution in [0.2, 0.25) is 0 Å². The topological polar surface area (TPSA) is 36.9 Å². The Kier molecular flexibility index (Phi) is 5.63. The fraction of sp³-hybridized carbons (Fsp3) is 0.875. The third-order valence-electron chi connectivity index (χ3n) is 3.47. The molecule has 0 radical (unpaired) electrons. The highest BCUT2D eigenvalue weighted by molar-refractivity contribution is 4.92. The van der Waals surface area contributed by atoms with Crippen molar-refractivity contribution in [1.82, 2.24) is 0 Å². The average Bonchev–Trinajstić information content (AvgIpc) is 2.92. The van der Waals surface area contributed by atoms with Crippen molar-refractivity contribution < 1.29 is 27.9 Å². The lowest BCUT2D eigenvalue weighted by Crippen LogP contribution is -2.42. The van der Waals surface area contributed by atoms with Crippen molar-refractivity contribution in [1.29, 1.82) is 0 Å². The van der Waals surface area contributed by atoms with Gasteiger partial charge in [-0.05, 0) is 12.2 Å². The lowest BCUT2D eigenvalue weighted by molar-refractivity contribution is -0.873. The van der Waals surface area contributed by atoms with Gasteiger partial charge < -0.3 is 27.9 Å². The van der Waals surface area contributed by atoms with Crippen molar-refractivity contribution in [2.24, 2.45) is 0 Å². The Morgan fingerprint density at radius 3 is 1.41 bits per heavy atom. The van der Waals surface area contributed by atoms with Crippen LogP contribution < -0.4 is 0 Å². The van der Waals surface area contributed by atoms with E-state index in [0.29, 0.717) is 13.2 Å². The highest BCUT2D eigenvalue weighted by Gasteiger charge is 2.31. The van der Waals surface area contributed by atoms with Gasteiger partial charge in [-0.3, -0.25) is 0 Å². The van der Waals surface area contributed by atoms with Gasteiger partial charge in [0, 0.05) is 0 Å². The van der Waals surface area contributed by atoms with Gasteiger partial charge in [-0.2, -0.15) is 0 Å². The van der Waals surface area contributed by atoms with E-state index in [4.69, 9.17) is 18.9 Å². The smallest absolute Gasteiger partial charge is 0.177 e. The summed E-state index contributed by atoms with van der Waals surface area (Å²) in [6, 6.07) is 0. The standard InChI is InChI=1S/C16H32N2O4/c1-17(2,3)9-13-11-19-15(21-13)7-8-16-20-12-14(22-16)10-18(4,5)6/h7-8,13-16H,9-12H2,1-6H3/q+2. The number of rotatable bonds is 6. The Morgan fingerprint density at radius 1 is 0.727 bits per heavy atom. The average molecular weight is 316 g/mol. The number of likely N-dealkylation sites (N-methyl/N-ethyl adjacent to an activating group) is 2. The second-order valence-corrected chi connectivity index (χ2v) is 8.25. The largest absolute Gasteiger partial charge is 0.346 e. The fourth-order valence-corrected chi connectivity index (χ4v) is 2.74. The molecule has 2 saturated heterocycles. The number of nitrogens with zero attached hydrogens (tertiary/aromatic N) is 2.